The summed E-state index contributed by atoms with van der Waals surface area (Å²) in [4.78, 5) is 41.1. The molecule has 1 N–H and O–H groups in total. The number of rotatable bonds is 6. The van der Waals surface area contributed by atoms with Gasteiger partial charge >= 0.3 is 5.97 Å². The summed E-state index contributed by atoms with van der Waals surface area (Å²) in [7, 11) is 4.43. The first-order valence-corrected chi connectivity index (χ1v) is 11.9. The Bertz CT molecular complexity index is 1290. The molecule has 2 fully saturated rings. The number of carbonyl (C=O) groups excluding carboxylic acids is 3. The van der Waals surface area contributed by atoms with E-state index in [1.165, 1.54) is 14.2 Å². The summed E-state index contributed by atoms with van der Waals surface area (Å²) in [5, 5.41) is 3.42. The zero-order chi connectivity index (χ0) is 25.4. The average molecular weight is 485 g/mol. The molecule has 0 aromatic heterocycles. The second-order valence-electron chi connectivity index (χ2n) is 9.34. The Hall–Kier alpha value is -3.97. The highest BCUT2D eigenvalue weighted by Gasteiger charge is 2.68. The molecule has 0 spiro atoms. The monoisotopic (exact) mass is 484 g/mol. The third-order valence-corrected chi connectivity index (χ3v) is 7.44. The van der Waals surface area contributed by atoms with Gasteiger partial charge in [-0.1, -0.05) is 66.7 Å². The number of methoxy groups -OCH3 is 2. The Morgan fingerprint density at radius 2 is 1.50 bits per heavy atom. The zero-order valence-electron chi connectivity index (χ0n) is 20.4. The first-order chi connectivity index (χ1) is 17.4. The maximum absolute atomic E-state index is 13.3. The number of nitrogens with one attached hydrogen (secondary N) is 1. The van der Waals surface area contributed by atoms with E-state index >= 15 is 0 Å². The van der Waals surface area contributed by atoms with E-state index in [4.69, 9.17) is 9.47 Å². The van der Waals surface area contributed by atoms with Gasteiger partial charge in [-0.25, -0.2) is 0 Å². The number of likely N-dealkylation sites (tertiary alicyclic amines) is 1. The maximum Gasteiger partial charge on any atom is 0.327 e. The van der Waals surface area contributed by atoms with Crippen molar-refractivity contribution in [2.45, 2.75) is 18.0 Å². The summed E-state index contributed by atoms with van der Waals surface area (Å²) in [5.74, 6) is -2.00. The molecule has 2 heterocycles. The highest BCUT2D eigenvalue weighted by Crippen LogP contribution is 2.50. The Morgan fingerprint density at radius 1 is 0.889 bits per heavy atom. The Balaban J connectivity index is 1.54. The third kappa shape index (κ3) is 3.76. The largest absolute Gasteiger partial charge is 0.497 e. The lowest BCUT2D eigenvalue weighted by atomic mass is 9.76. The number of hydrogen-bond donors (Lipinski definition) is 1. The highest BCUT2D eigenvalue weighted by atomic mass is 16.5. The van der Waals surface area contributed by atoms with Gasteiger partial charge in [0.05, 0.1) is 26.1 Å². The summed E-state index contributed by atoms with van der Waals surface area (Å²) < 4.78 is 10.5. The predicted molar refractivity (Wildman–Crippen MR) is 134 cm³/mol. The minimum absolute atomic E-state index is 0.231. The van der Waals surface area contributed by atoms with Gasteiger partial charge in [0.1, 0.15) is 11.3 Å². The SMILES string of the molecule is COC(=O)[C@]1(Cc2ccccc2)NC(c2ccc(-c3ccc(OC)cc3)cc2)C2C(=O)N(C)C(=O)C21. The first kappa shape index (κ1) is 23.8. The Morgan fingerprint density at radius 3 is 2.08 bits per heavy atom. The topological polar surface area (TPSA) is 84.9 Å². The van der Waals surface area contributed by atoms with Crippen molar-refractivity contribution in [1.82, 2.24) is 10.2 Å². The number of carbonyl (C=O) groups is 3. The van der Waals surface area contributed by atoms with Crippen LogP contribution >= 0.6 is 0 Å². The molecule has 36 heavy (non-hydrogen) atoms. The normalized spacial score (nSPS) is 25.1. The number of esters is 1. The fourth-order valence-electron chi connectivity index (χ4n) is 5.62. The van der Waals surface area contributed by atoms with Gasteiger partial charge in [0.15, 0.2) is 0 Å². The molecule has 0 saturated carbocycles. The van der Waals surface area contributed by atoms with Crippen LogP contribution in [0.4, 0.5) is 0 Å². The quantitative estimate of drug-likeness (QED) is 0.427. The molecule has 3 unspecified atom stereocenters. The Labute approximate surface area is 210 Å². The van der Waals surface area contributed by atoms with Crippen LogP contribution in [0, 0.1) is 11.8 Å². The summed E-state index contributed by atoms with van der Waals surface area (Å²) in [6.45, 7) is 0. The summed E-state index contributed by atoms with van der Waals surface area (Å²) in [5.41, 5.74) is 2.37. The van der Waals surface area contributed by atoms with E-state index in [1.54, 1.807) is 7.11 Å². The van der Waals surface area contributed by atoms with Crippen molar-refractivity contribution in [3.05, 3.63) is 90.0 Å². The fraction of sp³-hybridized carbons (Fsp3) is 0.276. The lowest BCUT2D eigenvalue weighted by Crippen LogP contribution is -2.57. The van der Waals surface area contributed by atoms with Crippen LogP contribution in [-0.4, -0.2) is 49.5 Å². The highest BCUT2D eigenvalue weighted by molar-refractivity contribution is 6.09. The van der Waals surface area contributed by atoms with Crippen LogP contribution in [-0.2, 0) is 25.5 Å². The van der Waals surface area contributed by atoms with E-state index in [9.17, 15) is 14.4 Å². The molecule has 2 saturated heterocycles. The van der Waals surface area contributed by atoms with Crippen molar-refractivity contribution < 1.29 is 23.9 Å². The smallest absolute Gasteiger partial charge is 0.327 e. The minimum Gasteiger partial charge on any atom is -0.497 e. The van der Waals surface area contributed by atoms with Gasteiger partial charge in [0.2, 0.25) is 11.8 Å². The van der Waals surface area contributed by atoms with E-state index in [2.05, 4.69) is 5.32 Å². The molecule has 184 valence electrons. The van der Waals surface area contributed by atoms with Gasteiger partial charge in [-0.2, -0.15) is 0 Å². The third-order valence-electron chi connectivity index (χ3n) is 7.44. The molecule has 7 heteroatoms. The lowest BCUT2D eigenvalue weighted by Gasteiger charge is -2.32. The summed E-state index contributed by atoms with van der Waals surface area (Å²) in [6.07, 6.45) is 0.231. The predicted octanol–water partition coefficient (Wildman–Crippen LogP) is 3.39. The van der Waals surface area contributed by atoms with Crippen LogP contribution < -0.4 is 10.1 Å². The van der Waals surface area contributed by atoms with Crippen LogP contribution in [0.15, 0.2) is 78.9 Å². The van der Waals surface area contributed by atoms with Crippen molar-refractivity contribution in [1.29, 1.82) is 0 Å². The zero-order valence-corrected chi connectivity index (χ0v) is 20.4. The number of amides is 2. The number of nitrogens with zero attached hydrogens (tertiary/aromatic N) is 1. The van der Waals surface area contributed by atoms with Gasteiger partial charge < -0.3 is 9.47 Å². The Kier molecular flexibility index (Phi) is 6.10. The van der Waals surface area contributed by atoms with E-state index in [0.717, 1.165) is 32.9 Å². The van der Waals surface area contributed by atoms with E-state index < -0.39 is 29.4 Å². The van der Waals surface area contributed by atoms with E-state index in [-0.39, 0.29) is 18.2 Å². The first-order valence-electron chi connectivity index (χ1n) is 11.9. The molecule has 5 rings (SSSR count). The molecule has 2 aliphatic rings. The summed E-state index contributed by atoms with van der Waals surface area (Å²) >= 11 is 0. The molecule has 3 aromatic carbocycles. The van der Waals surface area contributed by atoms with Crippen LogP contribution in [0.25, 0.3) is 11.1 Å². The van der Waals surface area contributed by atoms with Gasteiger partial charge in [-0.05, 0) is 34.4 Å². The van der Waals surface area contributed by atoms with E-state index in [1.807, 2.05) is 78.9 Å². The number of ether oxygens (including phenoxy) is 2. The molecular formula is C29H28N2O5. The molecule has 0 radical (unpaired) electrons. The van der Waals surface area contributed by atoms with E-state index in [0.29, 0.717) is 0 Å². The van der Waals surface area contributed by atoms with Crippen molar-refractivity contribution in [2.75, 3.05) is 21.3 Å². The van der Waals surface area contributed by atoms with Gasteiger partial charge in [0.25, 0.3) is 0 Å². The van der Waals surface area contributed by atoms with Crippen molar-refractivity contribution in [2.24, 2.45) is 11.8 Å². The second kappa shape index (κ2) is 9.24. The fourth-order valence-corrected chi connectivity index (χ4v) is 5.62. The van der Waals surface area contributed by atoms with Crippen LogP contribution in [0.3, 0.4) is 0 Å². The van der Waals surface area contributed by atoms with Crippen molar-refractivity contribution >= 4 is 17.8 Å². The van der Waals surface area contributed by atoms with Crippen molar-refractivity contribution in [3.8, 4) is 16.9 Å². The second-order valence-corrected chi connectivity index (χ2v) is 9.34. The molecule has 7 nitrogen and oxygen atoms in total. The molecule has 0 bridgehead atoms. The van der Waals surface area contributed by atoms with Crippen LogP contribution in [0.5, 0.6) is 5.75 Å². The number of benzene rings is 3. The molecule has 2 amide bonds. The summed E-state index contributed by atoms with van der Waals surface area (Å²) in [6, 6.07) is 24.6. The standard InChI is InChI=1S/C29H28N2O5/c1-31-26(32)23-24(27(31)33)29(28(34)36-3,17-18-7-5-4-6-8-18)30-25(23)21-11-9-19(10-12-21)20-13-15-22(35-2)16-14-20/h4-16,23-25,30H,17H2,1-3H3/t23?,24?,25?,29-/m1/s1. The van der Waals surface area contributed by atoms with Crippen LogP contribution in [0.2, 0.25) is 0 Å². The van der Waals surface area contributed by atoms with Crippen LogP contribution in [0.1, 0.15) is 17.2 Å². The lowest BCUT2D eigenvalue weighted by molar-refractivity contribution is -0.153. The number of imide groups is 1. The van der Waals surface area contributed by atoms with Gasteiger partial charge in [0, 0.05) is 19.5 Å². The number of fused-ring (bicyclic) bond motifs is 1. The number of hydrogen-bond acceptors (Lipinski definition) is 6. The maximum atomic E-state index is 13.3. The molecule has 4 atom stereocenters. The van der Waals surface area contributed by atoms with Gasteiger partial charge in [-0.3, -0.25) is 24.6 Å². The molecular weight excluding hydrogens is 456 g/mol. The van der Waals surface area contributed by atoms with Crippen molar-refractivity contribution in [3.63, 3.8) is 0 Å². The molecule has 0 aliphatic carbocycles. The molecule has 2 aliphatic heterocycles. The molecule has 3 aromatic rings. The minimum atomic E-state index is -1.36. The average Bonchev–Trinajstić information content (AvgIpc) is 3.38. The van der Waals surface area contributed by atoms with Gasteiger partial charge in [-0.15, -0.1) is 0 Å².